The lowest BCUT2D eigenvalue weighted by Gasteiger charge is -2.31. The largest absolute Gasteiger partial charge is 0.391 e. The number of ether oxygens (including phenoxy) is 1. The van der Waals surface area contributed by atoms with Crippen molar-refractivity contribution in [2.24, 2.45) is 5.73 Å². The summed E-state index contributed by atoms with van der Waals surface area (Å²) in [6, 6.07) is 5.30. The van der Waals surface area contributed by atoms with Crippen LogP contribution in [-0.2, 0) is 14.8 Å². The van der Waals surface area contributed by atoms with Gasteiger partial charge in [0.25, 0.3) is 0 Å². The molecule has 1 unspecified atom stereocenters. The number of rotatable bonds is 3. The van der Waals surface area contributed by atoms with Crippen LogP contribution in [0.15, 0.2) is 23.1 Å². The molecule has 1 aliphatic heterocycles. The molecule has 1 fully saturated rings. The number of morpholine rings is 1. The quantitative estimate of drug-likeness (QED) is 0.842. The maximum Gasteiger partial charge on any atom is 0.243 e. The Morgan fingerprint density at radius 1 is 1.45 bits per heavy atom. The Kier molecular flexibility index (Phi) is 4.43. The Bertz CT molecular complexity index is 629. The maximum absolute atomic E-state index is 12.7. The molecule has 2 N–H and O–H groups in total. The molecule has 1 heterocycles. The smallest absolute Gasteiger partial charge is 0.243 e. The first-order valence-corrected chi connectivity index (χ1v) is 8.15. The molecule has 2 rings (SSSR count). The van der Waals surface area contributed by atoms with Gasteiger partial charge in [0, 0.05) is 13.1 Å². The van der Waals surface area contributed by atoms with Crippen molar-refractivity contribution in [3.8, 4) is 0 Å². The van der Waals surface area contributed by atoms with Crippen LogP contribution in [0.25, 0.3) is 0 Å². The van der Waals surface area contributed by atoms with E-state index in [1.54, 1.807) is 19.1 Å². The molecule has 1 aromatic carbocycles. The Hall–Kier alpha value is -1.02. The Balaban J connectivity index is 2.32. The number of hydrogen-bond acceptors (Lipinski definition) is 4. The van der Waals surface area contributed by atoms with Crippen molar-refractivity contribution >= 4 is 27.2 Å². The number of nitrogens with two attached hydrogens (primary N) is 1. The highest BCUT2D eigenvalue weighted by atomic mass is 32.2. The molecule has 20 heavy (non-hydrogen) atoms. The molecule has 0 saturated carbocycles. The Labute approximate surface area is 124 Å². The average Bonchev–Trinajstić information content (AvgIpc) is 2.38. The normalized spacial score (nSPS) is 20.8. The summed E-state index contributed by atoms with van der Waals surface area (Å²) in [5, 5.41) is 0. The molecule has 0 aromatic heterocycles. The summed E-state index contributed by atoms with van der Waals surface area (Å²) in [5.74, 6) is 0. The van der Waals surface area contributed by atoms with Crippen LogP contribution in [0.4, 0.5) is 0 Å². The van der Waals surface area contributed by atoms with Crippen LogP contribution in [0.2, 0.25) is 0 Å². The van der Waals surface area contributed by atoms with Crippen molar-refractivity contribution in [1.29, 1.82) is 0 Å². The van der Waals surface area contributed by atoms with Gasteiger partial charge in [0.1, 0.15) is 11.1 Å². The lowest BCUT2D eigenvalue weighted by Crippen LogP contribution is -2.49. The number of benzene rings is 1. The van der Waals surface area contributed by atoms with E-state index in [2.05, 4.69) is 0 Å². The average molecular weight is 314 g/mol. The zero-order chi connectivity index (χ0) is 14.9. The molecule has 1 aromatic rings. The minimum absolute atomic E-state index is 0.172. The van der Waals surface area contributed by atoms with Crippen LogP contribution in [0, 0.1) is 13.8 Å². The molecule has 0 aliphatic carbocycles. The summed E-state index contributed by atoms with van der Waals surface area (Å²) >= 11 is 4.88. The summed E-state index contributed by atoms with van der Waals surface area (Å²) < 4.78 is 32.1. The minimum Gasteiger partial charge on any atom is -0.391 e. The first-order chi connectivity index (χ1) is 9.32. The van der Waals surface area contributed by atoms with E-state index in [1.165, 1.54) is 4.31 Å². The van der Waals surface area contributed by atoms with Gasteiger partial charge in [-0.1, -0.05) is 29.9 Å². The van der Waals surface area contributed by atoms with E-state index in [1.807, 2.05) is 13.0 Å². The van der Waals surface area contributed by atoms with Crippen molar-refractivity contribution in [2.75, 3.05) is 19.7 Å². The summed E-state index contributed by atoms with van der Waals surface area (Å²) in [6.45, 7) is 4.51. The molecule has 0 bridgehead atoms. The van der Waals surface area contributed by atoms with E-state index < -0.39 is 16.1 Å². The van der Waals surface area contributed by atoms with E-state index in [0.717, 1.165) is 11.1 Å². The lowest BCUT2D eigenvalue weighted by atomic mass is 10.2. The van der Waals surface area contributed by atoms with E-state index in [4.69, 9.17) is 22.7 Å². The van der Waals surface area contributed by atoms with Crippen LogP contribution in [0.3, 0.4) is 0 Å². The number of nitrogens with zero attached hydrogens (tertiary/aromatic N) is 1. The molecule has 110 valence electrons. The third kappa shape index (κ3) is 3.01. The highest BCUT2D eigenvalue weighted by molar-refractivity contribution is 7.89. The summed E-state index contributed by atoms with van der Waals surface area (Å²) in [4.78, 5) is 0.511. The van der Waals surface area contributed by atoms with E-state index in [0.29, 0.717) is 18.0 Å². The molecule has 0 amide bonds. The first-order valence-electron chi connectivity index (χ1n) is 6.30. The fourth-order valence-electron chi connectivity index (χ4n) is 2.24. The third-order valence-electron chi connectivity index (χ3n) is 3.29. The number of thiocarbonyl (C=S) groups is 1. The van der Waals surface area contributed by atoms with Crippen LogP contribution in [0.1, 0.15) is 11.1 Å². The second-order valence-corrected chi connectivity index (χ2v) is 7.27. The fourth-order valence-corrected chi connectivity index (χ4v) is 4.02. The fraction of sp³-hybridized carbons (Fsp3) is 0.462. The molecule has 0 radical (unpaired) electrons. The predicted molar refractivity (Wildman–Crippen MR) is 81.2 cm³/mol. The van der Waals surface area contributed by atoms with Crippen molar-refractivity contribution in [1.82, 2.24) is 4.31 Å². The van der Waals surface area contributed by atoms with Gasteiger partial charge >= 0.3 is 0 Å². The first kappa shape index (κ1) is 15.4. The second-order valence-electron chi connectivity index (χ2n) is 4.89. The summed E-state index contributed by atoms with van der Waals surface area (Å²) in [5.41, 5.74) is 7.32. The molecular formula is C13H18N2O3S2. The van der Waals surface area contributed by atoms with Gasteiger partial charge in [-0.25, -0.2) is 8.42 Å². The van der Waals surface area contributed by atoms with Crippen molar-refractivity contribution in [2.45, 2.75) is 24.8 Å². The molecule has 0 spiro atoms. The monoisotopic (exact) mass is 314 g/mol. The number of sulfonamides is 1. The van der Waals surface area contributed by atoms with Gasteiger partial charge in [-0.05, 0) is 25.5 Å². The molecule has 7 heteroatoms. The standard InChI is InChI=1S/C13H18N2O3S2/c1-9-3-4-12(10(2)7-9)20(16,17)15-5-6-18-11(8-15)13(14)19/h3-4,7,11H,5-6,8H2,1-2H3,(H2,14,19). The Morgan fingerprint density at radius 3 is 2.75 bits per heavy atom. The van der Waals surface area contributed by atoms with Gasteiger partial charge in [0.2, 0.25) is 10.0 Å². The molecule has 1 atom stereocenters. The van der Waals surface area contributed by atoms with Gasteiger partial charge in [-0.15, -0.1) is 0 Å². The summed E-state index contributed by atoms with van der Waals surface area (Å²) in [7, 11) is -3.54. The SMILES string of the molecule is Cc1ccc(S(=O)(=O)N2CCOC(C(N)=S)C2)c(C)c1. The van der Waals surface area contributed by atoms with Crippen molar-refractivity contribution < 1.29 is 13.2 Å². The van der Waals surface area contributed by atoms with E-state index in [9.17, 15) is 8.42 Å². The van der Waals surface area contributed by atoms with E-state index in [-0.39, 0.29) is 11.5 Å². The predicted octanol–water partition coefficient (Wildman–Crippen LogP) is 0.979. The van der Waals surface area contributed by atoms with E-state index >= 15 is 0 Å². The van der Waals surface area contributed by atoms with Gasteiger partial charge in [-0.3, -0.25) is 0 Å². The third-order valence-corrected chi connectivity index (χ3v) is 5.58. The minimum atomic E-state index is -3.54. The lowest BCUT2D eigenvalue weighted by molar-refractivity contribution is 0.0386. The van der Waals surface area contributed by atoms with Gasteiger partial charge in [0.15, 0.2) is 0 Å². The number of hydrogen-bond donors (Lipinski definition) is 1. The highest BCUT2D eigenvalue weighted by Crippen LogP contribution is 2.22. The summed E-state index contributed by atoms with van der Waals surface area (Å²) in [6.07, 6.45) is -0.515. The maximum atomic E-state index is 12.7. The molecule has 1 aliphatic rings. The molecular weight excluding hydrogens is 296 g/mol. The van der Waals surface area contributed by atoms with Gasteiger partial charge in [0.05, 0.1) is 11.5 Å². The number of aryl methyl sites for hydroxylation is 2. The van der Waals surface area contributed by atoms with Gasteiger partial charge in [-0.2, -0.15) is 4.31 Å². The van der Waals surface area contributed by atoms with Crippen LogP contribution < -0.4 is 5.73 Å². The molecule has 1 saturated heterocycles. The topological polar surface area (TPSA) is 72.6 Å². The van der Waals surface area contributed by atoms with Crippen molar-refractivity contribution in [3.05, 3.63) is 29.3 Å². The Morgan fingerprint density at radius 2 is 2.15 bits per heavy atom. The van der Waals surface area contributed by atoms with Crippen LogP contribution in [-0.4, -0.2) is 43.5 Å². The molecule has 5 nitrogen and oxygen atoms in total. The van der Waals surface area contributed by atoms with Crippen molar-refractivity contribution in [3.63, 3.8) is 0 Å². The second kappa shape index (κ2) is 5.77. The zero-order valence-electron chi connectivity index (χ0n) is 11.5. The van der Waals surface area contributed by atoms with Crippen LogP contribution in [0.5, 0.6) is 0 Å². The highest BCUT2D eigenvalue weighted by Gasteiger charge is 2.32. The van der Waals surface area contributed by atoms with Gasteiger partial charge < -0.3 is 10.5 Å². The van der Waals surface area contributed by atoms with Crippen LogP contribution >= 0.6 is 12.2 Å². The zero-order valence-corrected chi connectivity index (χ0v) is 13.1.